The van der Waals surface area contributed by atoms with Crippen molar-refractivity contribution in [1.29, 1.82) is 0 Å². The lowest BCUT2D eigenvalue weighted by Crippen LogP contribution is -2.58. The third-order valence-electron chi connectivity index (χ3n) is 9.62. The van der Waals surface area contributed by atoms with Crippen LogP contribution in [0.3, 0.4) is 0 Å². The van der Waals surface area contributed by atoms with Crippen LogP contribution in [0.2, 0.25) is 0 Å². The highest BCUT2D eigenvalue weighted by Gasteiger charge is 2.52. The summed E-state index contributed by atoms with van der Waals surface area (Å²) in [7, 11) is 0. The van der Waals surface area contributed by atoms with Crippen molar-refractivity contribution in [3.8, 4) is 0 Å². The Kier molecular flexibility index (Phi) is 8.04. The van der Waals surface area contributed by atoms with Crippen LogP contribution in [0.4, 0.5) is 19.0 Å². The van der Waals surface area contributed by atoms with E-state index in [1.807, 2.05) is 18.2 Å². The molecule has 7 rings (SSSR count). The van der Waals surface area contributed by atoms with Crippen molar-refractivity contribution in [3.63, 3.8) is 0 Å². The number of anilines is 1. The van der Waals surface area contributed by atoms with Gasteiger partial charge in [0.15, 0.2) is 11.6 Å². The van der Waals surface area contributed by atoms with Crippen LogP contribution in [-0.4, -0.2) is 77.6 Å². The highest BCUT2D eigenvalue weighted by molar-refractivity contribution is 6.06. The number of carbonyl (C=O) groups excluding carboxylic acids is 3. The Morgan fingerprint density at radius 1 is 0.979 bits per heavy atom. The molecular weight excluding hydrogens is 615 g/mol. The fourth-order valence-electron chi connectivity index (χ4n) is 7.18. The second-order valence-corrected chi connectivity index (χ2v) is 12.4. The molecule has 1 aromatic carbocycles. The number of aromatic nitrogens is 2. The van der Waals surface area contributed by atoms with Gasteiger partial charge in [0, 0.05) is 54.6 Å². The maximum Gasteiger partial charge on any atom is 0.253 e. The van der Waals surface area contributed by atoms with Gasteiger partial charge in [-0.3, -0.25) is 19.4 Å². The zero-order chi connectivity index (χ0) is 32.9. The number of halogens is 3. The lowest BCUT2D eigenvalue weighted by molar-refractivity contribution is -0.140. The Bertz CT molecular complexity index is 1820. The molecule has 2 N–H and O–H groups in total. The number of ether oxygens (including phenoxy) is 2. The van der Waals surface area contributed by atoms with E-state index >= 15 is 4.39 Å². The minimum Gasteiger partial charge on any atom is -0.377 e. The molecule has 13 heteroatoms. The topological polar surface area (TPSA) is 123 Å². The van der Waals surface area contributed by atoms with Gasteiger partial charge in [-0.05, 0) is 54.7 Å². The third-order valence-corrected chi connectivity index (χ3v) is 9.62. The Morgan fingerprint density at radius 2 is 1.81 bits per heavy atom. The second-order valence-electron chi connectivity index (χ2n) is 12.4. The van der Waals surface area contributed by atoms with Crippen LogP contribution < -0.4 is 10.6 Å². The molecular formula is C34H32F3N5O5. The van der Waals surface area contributed by atoms with E-state index in [0.717, 1.165) is 22.8 Å². The summed E-state index contributed by atoms with van der Waals surface area (Å²) in [6.07, 6.45) is 7.32. The first-order chi connectivity index (χ1) is 22.6. The van der Waals surface area contributed by atoms with E-state index in [2.05, 4.69) is 20.6 Å². The van der Waals surface area contributed by atoms with Crippen molar-refractivity contribution in [3.05, 3.63) is 93.7 Å². The molecule has 47 heavy (non-hydrogen) atoms. The number of fused-ring (bicyclic) bond motifs is 4. The van der Waals surface area contributed by atoms with Crippen LogP contribution in [0.1, 0.15) is 57.6 Å². The van der Waals surface area contributed by atoms with Gasteiger partial charge in [0.2, 0.25) is 11.8 Å². The number of rotatable bonds is 1. The van der Waals surface area contributed by atoms with Gasteiger partial charge in [0.25, 0.3) is 5.91 Å². The molecule has 5 heterocycles. The largest absolute Gasteiger partial charge is 0.377 e. The van der Waals surface area contributed by atoms with Crippen LogP contribution in [0.5, 0.6) is 0 Å². The molecule has 4 aliphatic rings. The number of pyridine rings is 2. The molecule has 3 aliphatic heterocycles. The summed E-state index contributed by atoms with van der Waals surface area (Å²) in [5, 5.41) is 5.64. The van der Waals surface area contributed by atoms with Gasteiger partial charge < -0.3 is 25.0 Å². The van der Waals surface area contributed by atoms with Crippen LogP contribution in [-0.2, 0) is 37.3 Å². The number of hydrogen-bond donors (Lipinski definition) is 2. The van der Waals surface area contributed by atoms with Crippen LogP contribution in [0.15, 0.2) is 42.7 Å². The molecule has 4 atom stereocenters. The van der Waals surface area contributed by atoms with Gasteiger partial charge in [0.05, 0.1) is 37.4 Å². The summed E-state index contributed by atoms with van der Waals surface area (Å²) < 4.78 is 54.9. The molecule has 7 bridgehead atoms. The molecule has 3 amide bonds. The molecule has 3 aromatic rings. The number of hydrogen-bond acceptors (Lipinski definition) is 7. The van der Waals surface area contributed by atoms with Crippen molar-refractivity contribution < 1.29 is 37.0 Å². The first kappa shape index (κ1) is 31.0. The molecule has 1 spiro atoms. The fourth-order valence-corrected chi connectivity index (χ4v) is 7.18. The lowest BCUT2D eigenvalue weighted by atomic mass is 9.79. The molecule has 1 saturated heterocycles. The predicted molar refractivity (Wildman–Crippen MR) is 163 cm³/mol. The number of benzene rings is 1. The average molecular weight is 648 g/mol. The quantitative estimate of drug-likeness (QED) is 0.388. The van der Waals surface area contributed by atoms with Gasteiger partial charge >= 0.3 is 0 Å². The van der Waals surface area contributed by atoms with Crippen LogP contribution in [0, 0.1) is 17.5 Å². The Morgan fingerprint density at radius 3 is 2.66 bits per heavy atom. The SMILES string of the molecule is CC1C(c2cc(F)cc(F)c2F)CC2NC(=O)c3cnc4c(c3)C[C@@]3(C4)C(=O)Nc4ncc(cc43)/C=C/COCCOCCN1C2=O. The third kappa shape index (κ3) is 5.57. The van der Waals surface area contributed by atoms with Crippen molar-refractivity contribution in [2.45, 2.75) is 49.6 Å². The minimum absolute atomic E-state index is 0.0853. The summed E-state index contributed by atoms with van der Waals surface area (Å²) in [4.78, 5) is 51.2. The maximum atomic E-state index is 15.0. The first-order valence-corrected chi connectivity index (χ1v) is 15.5. The summed E-state index contributed by atoms with van der Waals surface area (Å²) in [5.74, 6) is -5.04. The summed E-state index contributed by atoms with van der Waals surface area (Å²) >= 11 is 0. The first-order valence-electron chi connectivity index (χ1n) is 15.5. The molecule has 0 radical (unpaired) electrons. The van der Waals surface area contributed by atoms with Crippen molar-refractivity contribution in [2.75, 3.05) is 38.3 Å². The maximum absolute atomic E-state index is 15.0. The number of piperidine rings is 1. The van der Waals surface area contributed by atoms with E-state index < -0.39 is 52.7 Å². The van der Waals surface area contributed by atoms with Gasteiger partial charge in [-0.25, -0.2) is 18.2 Å². The molecule has 2 aromatic heterocycles. The highest BCUT2D eigenvalue weighted by atomic mass is 19.2. The van der Waals surface area contributed by atoms with Gasteiger partial charge in [0.1, 0.15) is 17.7 Å². The molecule has 244 valence electrons. The highest BCUT2D eigenvalue weighted by Crippen LogP contribution is 2.46. The smallest absolute Gasteiger partial charge is 0.253 e. The van der Waals surface area contributed by atoms with Gasteiger partial charge in [-0.15, -0.1) is 0 Å². The van der Waals surface area contributed by atoms with E-state index in [1.54, 1.807) is 19.2 Å². The Balaban J connectivity index is 1.22. The van der Waals surface area contributed by atoms with E-state index in [9.17, 15) is 23.2 Å². The molecule has 0 saturated carbocycles. The molecule has 10 nitrogen and oxygen atoms in total. The molecule has 1 fully saturated rings. The van der Waals surface area contributed by atoms with E-state index in [1.165, 1.54) is 11.1 Å². The normalized spacial score (nSPS) is 26.8. The van der Waals surface area contributed by atoms with E-state index in [4.69, 9.17) is 9.47 Å². The number of carbonyl (C=O) groups is 3. The van der Waals surface area contributed by atoms with Crippen LogP contribution in [0.25, 0.3) is 6.08 Å². The molecule has 1 aliphatic carbocycles. The monoisotopic (exact) mass is 647 g/mol. The van der Waals surface area contributed by atoms with Gasteiger partial charge in [-0.2, -0.15) is 0 Å². The van der Waals surface area contributed by atoms with Crippen LogP contribution >= 0.6 is 0 Å². The summed E-state index contributed by atoms with van der Waals surface area (Å²) in [6.45, 7) is 2.71. The summed E-state index contributed by atoms with van der Waals surface area (Å²) in [6, 6.07) is 3.21. The Hall–Kier alpha value is -4.62. The van der Waals surface area contributed by atoms with E-state index in [-0.39, 0.29) is 49.8 Å². The van der Waals surface area contributed by atoms with Crippen molar-refractivity contribution in [2.24, 2.45) is 0 Å². The standard InChI is InChI=1S/C34H32F3N5O5/c1-18-23(24-11-22(35)12-26(36)29(24)37)13-27-32(44)42(18)4-6-47-8-7-46-5-2-3-19-9-25-30(39-16-19)41-33(45)34(25)14-20-10-21(31(43)40-27)17-38-28(20)15-34/h2-3,9-12,16-18,23,27H,4-8,13-15H2,1H3,(H,40,43)(H,39,41,45)/b3-2+/t18?,23?,27?,34-/m0/s1. The fraction of sp³-hybridized carbons (Fsp3) is 0.382. The Labute approximate surface area is 268 Å². The lowest BCUT2D eigenvalue weighted by Gasteiger charge is -2.43. The number of nitrogens with zero attached hydrogens (tertiary/aromatic N) is 3. The van der Waals surface area contributed by atoms with Gasteiger partial charge in [-0.1, -0.05) is 12.2 Å². The molecule has 3 unspecified atom stereocenters. The van der Waals surface area contributed by atoms with Crippen molar-refractivity contribution in [1.82, 2.24) is 20.2 Å². The average Bonchev–Trinajstić information content (AvgIpc) is 3.56. The number of amides is 3. The second kappa shape index (κ2) is 12.2. The predicted octanol–water partition coefficient (Wildman–Crippen LogP) is 3.45. The zero-order valence-electron chi connectivity index (χ0n) is 25.5. The number of nitrogens with one attached hydrogen (secondary N) is 2. The zero-order valence-corrected chi connectivity index (χ0v) is 25.5. The van der Waals surface area contributed by atoms with Crippen molar-refractivity contribution >= 4 is 29.6 Å². The van der Waals surface area contributed by atoms with E-state index in [0.29, 0.717) is 37.0 Å². The summed E-state index contributed by atoms with van der Waals surface area (Å²) in [5.41, 5.74) is 1.98. The minimum atomic E-state index is -1.33.